The highest BCUT2D eigenvalue weighted by Crippen LogP contribution is 2.19. The van der Waals surface area contributed by atoms with Crippen LogP contribution in [-0.2, 0) is 11.2 Å². The van der Waals surface area contributed by atoms with E-state index in [0.29, 0.717) is 12.8 Å². The van der Waals surface area contributed by atoms with Crippen molar-refractivity contribution in [3.05, 3.63) is 10.8 Å². The number of hydrogen-bond acceptors (Lipinski definition) is 6. The fourth-order valence-corrected chi connectivity index (χ4v) is 2.90. The van der Waals surface area contributed by atoms with Crippen LogP contribution in [0.15, 0.2) is 0 Å². The van der Waals surface area contributed by atoms with Crippen LogP contribution in [0.25, 0.3) is 4.96 Å². The average Bonchev–Trinajstić information content (AvgIpc) is 3.00. The topological polar surface area (TPSA) is 75.4 Å². The van der Waals surface area contributed by atoms with Crippen molar-refractivity contribution in [3.63, 3.8) is 0 Å². The fraction of sp³-hybridized carbons (Fsp3) is 0.714. The maximum atomic E-state index is 11.8. The van der Waals surface area contributed by atoms with Crippen molar-refractivity contribution in [1.29, 1.82) is 0 Å². The first-order chi connectivity index (χ1) is 10.5. The number of aromatic nitrogens is 4. The molecule has 122 valence electrons. The van der Waals surface area contributed by atoms with Gasteiger partial charge >= 0.3 is 0 Å². The molecule has 0 aliphatic carbocycles. The van der Waals surface area contributed by atoms with Gasteiger partial charge in [-0.1, -0.05) is 25.2 Å². The van der Waals surface area contributed by atoms with E-state index in [4.69, 9.17) is 0 Å². The van der Waals surface area contributed by atoms with Crippen LogP contribution >= 0.6 is 11.3 Å². The van der Waals surface area contributed by atoms with Crippen LogP contribution in [0.1, 0.15) is 43.4 Å². The van der Waals surface area contributed by atoms with Crippen LogP contribution in [0, 0.1) is 0 Å². The van der Waals surface area contributed by atoms with Gasteiger partial charge in [-0.25, -0.2) is 0 Å². The van der Waals surface area contributed by atoms with Gasteiger partial charge in [-0.2, -0.15) is 9.61 Å². The number of carbonyl (C=O) groups excluding carboxylic acids is 1. The fourth-order valence-electron chi connectivity index (χ4n) is 2.06. The lowest BCUT2D eigenvalue weighted by atomic mass is 10.2. The van der Waals surface area contributed by atoms with E-state index < -0.39 is 0 Å². The zero-order valence-corrected chi connectivity index (χ0v) is 14.5. The number of nitrogens with one attached hydrogen (secondary N) is 1. The second-order valence-electron chi connectivity index (χ2n) is 5.91. The Labute approximate surface area is 134 Å². The van der Waals surface area contributed by atoms with E-state index in [0.717, 1.165) is 35.3 Å². The molecular formula is C14H24N6OS. The third kappa shape index (κ3) is 4.48. The predicted molar refractivity (Wildman–Crippen MR) is 87.2 cm³/mol. The van der Waals surface area contributed by atoms with Gasteiger partial charge in [0.2, 0.25) is 10.9 Å². The summed E-state index contributed by atoms with van der Waals surface area (Å²) in [7, 11) is 4.06. The van der Waals surface area contributed by atoms with Gasteiger partial charge in [0, 0.05) is 25.3 Å². The van der Waals surface area contributed by atoms with Gasteiger partial charge in [-0.05, 0) is 27.1 Å². The molecule has 0 saturated heterocycles. The second-order valence-corrected chi connectivity index (χ2v) is 6.95. The standard InChI is InChI=1S/C14H24N6OS/c1-10(2)13-16-17-14-20(13)18-12(22-14)7-6-11(21)15-8-5-9-19(3)4/h10H,5-9H2,1-4H3,(H,15,21). The minimum Gasteiger partial charge on any atom is -0.356 e. The lowest BCUT2D eigenvalue weighted by Gasteiger charge is -2.09. The van der Waals surface area contributed by atoms with Crippen molar-refractivity contribution >= 4 is 22.2 Å². The molecule has 0 spiro atoms. The number of carbonyl (C=O) groups is 1. The SMILES string of the molecule is CC(C)c1nnc2sc(CCC(=O)NCCCN(C)C)nn12. The van der Waals surface area contributed by atoms with Gasteiger partial charge < -0.3 is 10.2 Å². The lowest BCUT2D eigenvalue weighted by Crippen LogP contribution is -2.27. The zero-order chi connectivity index (χ0) is 16.1. The van der Waals surface area contributed by atoms with Crippen molar-refractivity contribution in [2.24, 2.45) is 0 Å². The highest BCUT2D eigenvalue weighted by molar-refractivity contribution is 7.16. The third-order valence-corrected chi connectivity index (χ3v) is 4.20. The quantitative estimate of drug-likeness (QED) is 0.741. The van der Waals surface area contributed by atoms with Crippen molar-refractivity contribution < 1.29 is 4.79 Å². The van der Waals surface area contributed by atoms with Gasteiger partial charge in [0.05, 0.1) is 0 Å². The van der Waals surface area contributed by atoms with Crippen LogP contribution in [-0.4, -0.2) is 57.8 Å². The second kappa shape index (κ2) is 7.64. The van der Waals surface area contributed by atoms with E-state index in [1.807, 2.05) is 14.1 Å². The molecule has 0 bridgehead atoms. The molecule has 1 N–H and O–H groups in total. The smallest absolute Gasteiger partial charge is 0.234 e. The monoisotopic (exact) mass is 324 g/mol. The maximum Gasteiger partial charge on any atom is 0.234 e. The number of amides is 1. The summed E-state index contributed by atoms with van der Waals surface area (Å²) in [6, 6.07) is 0. The molecule has 0 aliphatic heterocycles. The first-order valence-electron chi connectivity index (χ1n) is 7.60. The molecule has 0 aromatic carbocycles. The van der Waals surface area contributed by atoms with Gasteiger partial charge in [0.15, 0.2) is 5.82 Å². The van der Waals surface area contributed by atoms with Crippen molar-refractivity contribution in [2.45, 2.75) is 39.0 Å². The molecular weight excluding hydrogens is 300 g/mol. The predicted octanol–water partition coefficient (Wildman–Crippen LogP) is 1.31. The normalized spacial score (nSPS) is 11.7. The van der Waals surface area contributed by atoms with E-state index >= 15 is 0 Å². The maximum absolute atomic E-state index is 11.8. The van der Waals surface area contributed by atoms with Gasteiger partial charge in [0.1, 0.15) is 5.01 Å². The van der Waals surface area contributed by atoms with Crippen molar-refractivity contribution in [1.82, 2.24) is 30.0 Å². The van der Waals surface area contributed by atoms with E-state index in [1.165, 1.54) is 11.3 Å². The summed E-state index contributed by atoms with van der Waals surface area (Å²) in [5, 5.41) is 16.6. The first kappa shape index (κ1) is 16.8. The molecule has 0 atom stereocenters. The van der Waals surface area contributed by atoms with E-state index in [1.54, 1.807) is 4.52 Å². The van der Waals surface area contributed by atoms with Crippen LogP contribution in [0.3, 0.4) is 0 Å². The molecule has 0 saturated carbocycles. The number of aryl methyl sites for hydroxylation is 1. The van der Waals surface area contributed by atoms with Crippen LogP contribution in [0.5, 0.6) is 0 Å². The molecule has 22 heavy (non-hydrogen) atoms. The van der Waals surface area contributed by atoms with E-state index in [-0.39, 0.29) is 11.8 Å². The third-order valence-electron chi connectivity index (χ3n) is 3.24. The van der Waals surface area contributed by atoms with Crippen molar-refractivity contribution in [2.75, 3.05) is 27.2 Å². The highest BCUT2D eigenvalue weighted by Gasteiger charge is 2.14. The Kier molecular flexibility index (Phi) is 5.84. The Morgan fingerprint density at radius 1 is 1.36 bits per heavy atom. The molecule has 0 radical (unpaired) electrons. The summed E-state index contributed by atoms with van der Waals surface area (Å²) < 4.78 is 1.79. The van der Waals surface area contributed by atoms with E-state index in [9.17, 15) is 4.79 Å². The van der Waals surface area contributed by atoms with Crippen LogP contribution < -0.4 is 5.32 Å². The molecule has 2 rings (SSSR count). The minimum atomic E-state index is 0.0776. The molecule has 2 aromatic rings. The lowest BCUT2D eigenvalue weighted by molar-refractivity contribution is -0.121. The molecule has 2 aromatic heterocycles. The Morgan fingerprint density at radius 3 is 2.82 bits per heavy atom. The summed E-state index contributed by atoms with van der Waals surface area (Å²) in [5.41, 5.74) is 0. The van der Waals surface area contributed by atoms with Gasteiger partial charge in [-0.3, -0.25) is 4.79 Å². The molecule has 0 aliphatic rings. The summed E-state index contributed by atoms with van der Waals surface area (Å²) in [5.74, 6) is 1.23. The van der Waals surface area contributed by atoms with Gasteiger partial charge in [-0.15, -0.1) is 10.2 Å². The Hall–Kier alpha value is -1.54. The molecule has 0 fully saturated rings. The number of hydrogen-bond donors (Lipinski definition) is 1. The highest BCUT2D eigenvalue weighted by atomic mass is 32.1. The summed E-state index contributed by atoms with van der Waals surface area (Å²) in [4.78, 5) is 14.7. The number of nitrogens with zero attached hydrogens (tertiary/aromatic N) is 5. The molecule has 1 amide bonds. The number of rotatable bonds is 8. The Morgan fingerprint density at radius 2 is 2.14 bits per heavy atom. The first-order valence-corrected chi connectivity index (χ1v) is 8.41. The molecule has 0 unspecified atom stereocenters. The Bertz CT molecular complexity index is 618. The van der Waals surface area contributed by atoms with Gasteiger partial charge in [0.25, 0.3) is 0 Å². The largest absolute Gasteiger partial charge is 0.356 e. The zero-order valence-electron chi connectivity index (χ0n) is 13.7. The summed E-state index contributed by atoms with van der Waals surface area (Å²) in [6.45, 7) is 5.84. The molecule has 2 heterocycles. The van der Waals surface area contributed by atoms with Crippen molar-refractivity contribution in [3.8, 4) is 0 Å². The summed E-state index contributed by atoms with van der Waals surface area (Å²) in [6.07, 6.45) is 2.07. The average molecular weight is 324 g/mol. The molecule has 8 heteroatoms. The minimum absolute atomic E-state index is 0.0776. The molecule has 7 nitrogen and oxygen atoms in total. The number of fused-ring (bicyclic) bond motifs is 1. The van der Waals surface area contributed by atoms with Crippen LogP contribution in [0.4, 0.5) is 0 Å². The van der Waals surface area contributed by atoms with Crippen LogP contribution in [0.2, 0.25) is 0 Å². The van der Waals surface area contributed by atoms with E-state index in [2.05, 4.69) is 39.4 Å². The Balaban J connectivity index is 1.80. The summed E-state index contributed by atoms with van der Waals surface area (Å²) >= 11 is 1.50.